The highest BCUT2D eigenvalue weighted by molar-refractivity contribution is 5.79. The minimum atomic E-state index is -0.178. The van der Waals surface area contributed by atoms with Gasteiger partial charge in [0.05, 0.1) is 19.3 Å². The summed E-state index contributed by atoms with van der Waals surface area (Å²) in [7, 11) is 3.11. The fourth-order valence-electron chi connectivity index (χ4n) is 2.20. The van der Waals surface area contributed by atoms with Gasteiger partial charge in [0.1, 0.15) is 6.26 Å². The van der Waals surface area contributed by atoms with E-state index in [2.05, 4.69) is 25.3 Å². The van der Waals surface area contributed by atoms with Gasteiger partial charge in [-0.25, -0.2) is 4.98 Å². The van der Waals surface area contributed by atoms with Crippen molar-refractivity contribution in [1.29, 1.82) is 0 Å². The van der Waals surface area contributed by atoms with Gasteiger partial charge < -0.3 is 19.8 Å². The number of carbonyl (C=O) groups is 1. The van der Waals surface area contributed by atoms with Crippen molar-refractivity contribution in [2.24, 2.45) is 4.99 Å². The number of methoxy groups -OCH3 is 1. The Balaban J connectivity index is 1.72. The number of rotatable bonds is 8. The average molecular weight is 344 g/mol. The number of aromatic nitrogens is 1. The molecular formula is C18H24N4O3. The number of esters is 1. The van der Waals surface area contributed by atoms with Crippen LogP contribution in [0.3, 0.4) is 0 Å². The van der Waals surface area contributed by atoms with Crippen molar-refractivity contribution >= 4 is 11.9 Å². The zero-order chi connectivity index (χ0) is 17.9. The number of aliphatic imine (C=N–C) groups is 1. The molecule has 0 aliphatic carbocycles. The Kier molecular flexibility index (Phi) is 7.49. The maximum atomic E-state index is 11.0. The van der Waals surface area contributed by atoms with Crippen LogP contribution in [0.5, 0.6) is 0 Å². The highest BCUT2D eigenvalue weighted by atomic mass is 16.5. The first-order valence-electron chi connectivity index (χ1n) is 8.24. The molecule has 0 fully saturated rings. The van der Waals surface area contributed by atoms with Gasteiger partial charge in [-0.3, -0.25) is 9.79 Å². The minimum Gasteiger partial charge on any atom is -0.469 e. The maximum absolute atomic E-state index is 11.0. The first-order chi connectivity index (χ1) is 12.2. The second-order valence-electron chi connectivity index (χ2n) is 5.40. The molecule has 2 rings (SSSR count). The number of hydrogen-bond acceptors (Lipinski definition) is 5. The van der Waals surface area contributed by atoms with E-state index in [9.17, 15) is 4.79 Å². The lowest BCUT2D eigenvalue weighted by atomic mass is 10.2. The van der Waals surface area contributed by atoms with Crippen LogP contribution in [0.1, 0.15) is 25.0 Å². The quantitative estimate of drug-likeness (QED) is 0.331. The number of carbonyl (C=O) groups excluding carboxylic acids is 1. The second-order valence-corrected chi connectivity index (χ2v) is 5.40. The minimum absolute atomic E-state index is 0.178. The molecule has 0 atom stereocenters. The number of nitrogens with zero attached hydrogens (tertiary/aromatic N) is 2. The smallest absolute Gasteiger partial charge is 0.305 e. The van der Waals surface area contributed by atoms with E-state index in [1.54, 1.807) is 13.3 Å². The first kappa shape index (κ1) is 18.5. The van der Waals surface area contributed by atoms with Crippen LogP contribution in [0.25, 0.3) is 11.5 Å². The van der Waals surface area contributed by atoms with Crippen LogP contribution in [-0.4, -0.2) is 37.6 Å². The molecule has 2 aromatic rings. The topological polar surface area (TPSA) is 88.8 Å². The Morgan fingerprint density at radius 3 is 2.76 bits per heavy atom. The number of unbranched alkanes of at least 4 members (excludes halogenated alkanes) is 1. The molecule has 0 spiro atoms. The summed E-state index contributed by atoms with van der Waals surface area (Å²) in [5.74, 6) is 1.10. The molecule has 7 nitrogen and oxygen atoms in total. The molecule has 0 aliphatic rings. The predicted octanol–water partition coefficient (Wildman–Crippen LogP) is 2.35. The van der Waals surface area contributed by atoms with E-state index in [4.69, 9.17) is 4.42 Å². The molecule has 25 heavy (non-hydrogen) atoms. The molecule has 1 aromatic heterocycles. The van der Waals surface area contributed by atoms with Crippen molar-refractivity contribution in [3.05, 3.63) is 42.3 Å². The van der Waals surface area contributed by atoms with Gasteiger partial charge in [0.25, 0.3) is 0 Å². The van der Waals surface area contributed by atoms with E-state index in [0.29, 0.717) is 24.8 Å². The third-order valence-corrected chi connectivity index (χ3v) is 3.56. The molecule has 0 aliphatic heterocycles. The largest absolute Gasteiger partial charge is 0.469 e. The third-order valence-electron chi connectivity index (χ3n) is 3.56. The summed E-state index contributed by atoms with van der Waals surface area (Å²) in [5.41, 5.74) is 1.74. The van der Waals surface area contributed by atoms with Crippen LogP contribution < -0.4 is 10.6 Å². The zero-order valence-electron chi connectivity index (χ0n) is 14.6. The summed E-state index contributed by atoms with van der Waals surface area (Å²) in [6, 6.07) is 9.76. The number of oxazole rings is 1. The molecule has 2 N–H and O–H groups in total. The van der Waals surface area contributed by atoms with Crippen molar-refractivity contribution < 1.29 is 13.9 Å². The van der Waals surface area contributed by atoms with Gasteiger partial charge in [0.2, 0.25) is 5.89 Å². The zero-order valence-corrected chi connectivity index (χ0v) is 14.6. The van der Waals surface area contributed by atoms with Crippen LogP contribution in [0.2, 0.25) is 0 Å². The molecule has 7 heteroatoms. The molecule has 0 saturated heterocycles. The van der Waals surface area contributed by atoms with Crippen molar-refractivity contribution in [2.75, 3.05) is 20.7 Å². The average Bonchev–Trinajstić information content (AvgIpc) is 3.13. The van der Waals surface area contributed by atoms with Gasteiger partial charge in [0, 0.05) is 25.6 Å². The Labute approximate surface area is 147 Å². The molecule has 1 heterocycles. The van der Waals surface area contributed by atoms with E-state index < -0.39 is 0 Å². The molecule has 1 aromatic carbocycles. The molecule has 0 bridgehead atoms. The Morgan fingerprint density at radius 2 is 2.04 bits per heavy atom. The van der Waals surface area contributed by atoms with Crippen LogP contribution in [0, 0.1) is 0 Å². The Hall–Kier alpha value is -2.83. The lowest BCUT2D eigenvalue weighted by Crippen LogP contribution is -2.37. The lowest BCUT2D eigenvalue weighted by molar-refractivity contribution is -0.140. The molecule has 134 valence electrons. The molecule has 0 radical (unpaired) electrons. The van der Waals surface area contributed by atoms with E-state index in [0.717, 1.165) is 30.6 Å². The lowest BCUT2D eigenvalue weighted by Gasteiger charge is -2.10. The van der Waals surface area contributed by atoms with Crippen molar-refractivity contribution in [2.45, 2.75) is 25.8 Å². The van der Waals surface area contributed by atoms with Crippen molar-refractivity contribution in [1.82, 2.24) is 15.6 Å². The summed E-state index contributed by atoms with van der Waals surface area (Å²) in [4.78, 5) is 19.7. The highest BCUT2D eigenvalue weighted by Gasteiger charge is 2.07. The first-order valence-corrected chi connectivity index (χ1v) is 8.24. The van der Waals surface area contributed by atoms with Gasteiger partial charge in [-0.05, 0) is 25.0 Å². The number of benzene rings is 1. The maximum Gasteiger partial charge on any atom is 0.305 e. The van der Waals surface area contributed by atoms with E-state index in [1.807, 2.05) is 30.3 Å². The summed E-state index contributed by atoms with van der Waals surface area (Å²) >= 11 is 0. The molecular weight excluding hydrogens is 320 g/mol. The van der Waals surface area contributed by atoms with Crippen LogP contribution in [0.4, 0.5) is 0 Å². The standard InChI is InChI=1S/C18H24N4O3/c1-19-18(20-11-7-6-10-16(23)24-2)21-12-15-13-25-17(22-15)14-8-4-3-5-9-14/h3-5,8-9,13H,6-7,10-12H2,1-2H3,(H2,19,20,21). The van der Waals surface area contributed by atoms with Gasteiger partial charge in [0.15, 0.2) is 5.96 Å². The number of nitrogens with one attached hydrogen (secondary N) is 2. The monoisotopic (exact) mass is 344 g/mol. The SMILES string of the molecule is CN=C(NCCCCC(=O)OC)NCc1coc(-c2ccccc2)n1. The summed E-state index contributed by atoms with van der Waals surface area (Å²) in [6.45, 7) is 1.24. The summed E-state index contributed by atoms with van der Waals surface area (Å²) in [5, 5.41) is 6.38. The van der Waals surface area contributed by atoms with Gasteiger partial charge in [-0.1, -0.05) is 18.2 Å². The fourth-order valence-corrected chi connectivity index (χ4v) is 2.20. The summed E-state index contributed by atoms with van der Waals surface area (Å²) < 4.78 is 10.1. The predicted molar refractivity (Wildman–Crippen MR) is 96.0 cm³/mol. The molecule has 0 unspecified atom stereocenters. The van der Waals surface area contributed by atoms with E-state index >= 15 is 0 Å². The van der Waals surface area contributed by atoms with Crippen molar-refractivity contribution in [3.8, 4) is 11.5 Å². The van der Waals surface area contributed by atoms with Crippen LogP contribution >= 0.6 is 0 Å². The molecule has 0 saturated carbocycles. The Morgan fingerprint density at radius 1 is 1.24 bits per heavy atom. The fraction of sp³-hybridized carbons (Fsp3) is 0.389. The van der Waals surface area contributed by atoms with E-state index in [1.165, 1.54) is 7.11 Å². The second kappa shape index (κ2) is 10.1. The van der Waals surface area contributed by atoms with Crippen LogP contribution in [0.15, 0.2) is 46.0 Å². The van der Waals surface area contributed by atoms with Gasteiger partial charge in [-0.2, -0.15) is 0 Å². The van der Waals surface area contributed by atoms with Gasteiger partial charge in [-0.15, -0.1) is 0 Å². The molecule has 0 amide bonds. The van der Waals surface area contributed by atoms with Crippen molar-refractivity contribution in [3.63, 3.8) is 0 Å². The van der Waals surface area contributed by atoms with Crippen LogP contribution in [-0.2, 0) is 16.1 Å². The summed E-state index contributed by atoms with van der Waals surface area (Å²) in [6.07, 6.45) is 3.71. The number of ether oxygens (including phenoxy) is 1. The van der Waals surface area contributed by atoms with E-state index in [-0.39, 0.29) is 5.97 Å². The normalized spacial score (nSPS) is 11.2. The number of guanidine groups is 1. The highest BCUT2D eigenvalue weighted by Crippen LogP contribution is 2.17. The van der Waals surface area contributed by atoms with Gasteiger partial charge >= 0.3 is 5.97 Å². The third kappa shape index (κ3) is 6.29. The Bertz CT molecular complexity index is 683. The number of hydrogen-bond donors (Lipinski definition) is 2.